The van der Waals surface area contributed by atoms with Gasteiger partial charge in [-0.25, -0.2) is 0 Å². The smallest absolute Gasteiger partial charge is 0.0440 e. The summed E-state index contributed by atoms with van der Waals surface area (Å²) in [4.78, 5) is 3.22. The minimum atomic E-state index is 0.206. The second kappa shape index (κ2) is 4.99. The molecule has 0 amide bonds. The number of rotatable bonds is 4. The van der Waals surface area contributed by atoms with Crippen LogP contribution in [0.1, 0.15) is 29.2 Å². The Bertz CT molecular complexity index is 417. The molecule has 2 N–H and O–H groups in total. The largest absolute Gasteiger partial charge is 0.396 e. The molecule has 0 saturated carbocycles. The van der Waals surface area contributed by atoms with Crippen LogP contribution in [0, 0.1) is 6.92 Å². The van der Waals surface area contributed by atoms with E-state index in [2.05, 4.69) is 42.2 Å². The maximum atomic E-state index is 9.14. The van der Waals surface area contributed by atoms with E-state index >= 15 is 0 Å². The Morgan fingerprint density at radius 2 is 1.94 bits per heavy atom. The molecule has 0 saturated heterocycles. The number of aliphatic hydroxyl groups excluding tert-OH is 1. The number of benzene rings is 1. The van der Waals surface area contributed by atoms with Crippen molar-refractivity contribution in [2.75, 3.05) is 6.61 Å². The summed E-state index contributed by atoms with van der Waals surface area (Å²) in [5.41, 5.74) is 3.68. The quantitative estimate of drug-likeness (QED) is 0.808. The minimum Gasteiger partial charge on any atom is -0.396 e. The van der Waals surface area contributed by atoms with E-state index in [-0.39, 0.29) is 12.5 Å². The van der Waals surface area contributed by atoms with Crippen LogP contribution in [0.4, 0.5) is 0 Å². The van der Waals surface area contributed by atoms with Crippen molar-refractivity contribution < 1.29 is 5.11 Å². The average Bonchev–Trinajstić information content (AvgIpc) is 2.81. The van der Waals surface area contributed by atoms with E-state index in [0.717, 1.165) is 12.1 Å². The van der Waals surface area contributed by atoms with Gasteiger partial charge in [0.1, 0.15) is 0 Å². The Morgan fingerprint density at radius 1 is 1.19 bits per heavy atom. The molecule has 2 rings (SSSR count). The third-order valence-electron chi connectivity index (χ3n) is 2.89. The van der Waals surface area contributed by atoms with Crippen LogP contribution in [-0.2, 0) is 0 Å². The topological polar surface area (TPSA) is 36.0 Å². The van der Waals surface area contributed by atoms with E-state index < -0.39 is 0 Å². The number of aryl methyl sites for hydroxylation is 1. The summed E-state index contributed by atoms with van der Waals surface area (Å²) in [7, 11) is 0. The monoisotopic (exact) mass is 215 g/mol. The molecular formula is C14H17NO. The molecule has 0 aliphatic rings. The fourth-order valence-electron chi connectivity index (χ4n) is 1.99. The number of hydrogen-bond donors (Lipinski definition) is 2. The molecular weight excluding hydrogens is 198 g/mol. The zero-order valence-electron chi connectivity index (χ0n) is 9.48. The zero-order chi connectivity index (χ0) is 11.4. The highest BCUT2D eigenvalue weighted by atomic mass is 16.3. The molecule has 0 unspecified atom stereocenters. The molecule has 2 heteroatoms. The molecule has 0 bridgehead atoms. The summed E-state index contributed by atoms with van der Waals surface area (Å²) in [6.07, 6.45) is 2.68. The fraction of sp³-hybridized carbons (Fsp3) is 0.286. The zero-order valence-corrected chi connectivity index (χ0v) is 9.48. The van der Waals surface area contributed by atoms with Crippen LogP contribution in [0.3, 0.4) is 0 Å². The van der Waals surface area contributed by atoms with E-state index in [1.165, 1.54) is 11.1 Å². The second-order valence-electron chi connectivity index (χ2n) is 4.10. The molecule has 0 spiro atoms. The molecule has 0 fully saturated rings. The maximum absolute atomic E-state index is 9.14. The van der Waals surface area contributed by atoms with Gasteiger partial charge in [-0.15, -0.1) is 0 Å². The van der Waals surface area contributed by atoms with Crippen LogP contribution >= 0.6 is 0 Å². The molecule has 0 aliphatic carbocycles. The highest BCUT2D eigenvalue weighted by Gasteiger charge is 2.13. The van der Waals surface area contributed by atoms with E-state index in [9.17, 15) is 0 Å². The van der Waals surface area contributed by atoms with Crippen molar-refractivity contribution in [2.24, 2.45) is 0 Å². The summed E-state index contributed by atoms with van der Waals surface area (Å²) in [5, 5.41) is 9.14. The Morgan fingerprint density at radius 3 is 2.50 bits per heavy atom. The second-order valence-corrected chi connectivity index (χ2v) is 4.10. The molecule has 1 atom stereocenters. The van der Waals surface area contributed by atoms with Crippen LogP contribution < -0.4 is 0 Å². The van der Waals surface area contributed by atoms with Gasteiger partial charge in [0.25, 0.3) is 0 Å². The molecule has 2 nitrogen and oxygen atoms in total. The first-order valence-electron chi connectivity index (χ1n) is 5.62. The van der Waals surface area contributed by atoms with Crippen molar-refractivity contribution in [1.82, 2.24) is 4.98 Å². The average molecular weight is 215 g/mol. The van der Waals surface area contributed by atoms with E-state index in [1.54, 1.807) is 0 Å². The molecule has 1 heterocycles. The standard InChI is InChI=1S/C14H17NO/c1-11-4-6-12(7-5-11)13(8-10-16)14-3-2-9-15-14/h2-7,9,13,15-16H,8,10H2,1H3/t13-/m0/s1. The van der Waals surface area contributed by atoms with E-state index in [0.29, 0.717) is 0 Å². The fourth-order valence-corrected chi connectivity index (χ4v) is 1.99. The van der Waals surface area contributed by atoms with Crippen molar-refractivity contribution in [1.29, 1.82) is 0 Å². The lowest BCUT2D eigenvalue weighted by atomic mass is 9.92. The Labute approximate surface area is 96.0 Å². The van der Waals surface area contributed by atoms with Gasteiger partial charge in [0.05, 0.1) is 0 Å². The predicted molar refractivity (Wildman–Crippen MR) is 65.5 cm³/mol. The minimum absolute atomic E-state index is 0.206. The number of hydrogen-bond acceptors (Lipinski definition) is 1. The first-order chi connectivity index (χ1) is 7.81. The van der Waals surface area contributed by atoms with Crippen molar-refractivity contribution >= 4 is 0 Å². The molecule has 0 radical (unpaired) electrons. The van der Waals surface area contributed by atoms with Gasteiger partial charge in [-0.3, -0.25) is 0 Å². The van der Waals surface area contributed by atoms with Gasteiger partial charge < -0.3 is 10.1 Å². The molecule has 16 heavy (non-hydrogen) atoms. The van der Waals surface area contributed by atoms with Gasteiger partial charge in [-0.2, -0.15) is 0 Å². The van der Waals surface area contributed by atoms with Crippen LogP contribution in [0.5, 0.6) is 0 Å². The number of aliphatic hydroxyl groups is 1. The Kier molecular flexibility index (Phi) is 3.42. The normalized spacial score (nSPS) is 12.6. The van der Waals surface area contributed by atoms with Crippen molar-refractivity contribution in [2.45, 2.75) is 19.3 Å². The molecule has 84 valence electrons. The highest BCUT2D eigenvalue weighted by molar-refractivity contribution is 5.30. The highest BCUT2D eigenvalue weighted by Crippen LogP contribution is 2.26. The molecule has 2 aromatic rings. The van der Waals surface area contributed by atoms with E-state index in [1.807, 2.05) is 12.3 Å². The van der Waals surface area contributed by atoms with Gasteiger partial charge in [0, 0.05) is 24.4 Å². The van der Waals surface area contributed by atoms with Gasteiger partial charge >= 0.3 is 0 Å². The maximum Gasteiger partial charge on any atom is 0.0440 e. The summed E-state index contributed by atoms with van der Waals surface area (Å²) in [5.74, 6) is 0.264. The Hall–Kier alpha value is -1.54. The van der Waals surface area contributed by atoms with Gasteiger partial charge in [-0.05, 0) is 31.0 Å². The lowest BCUT2D eigenvalue weighted by molar-refractivity contribution is 0.281. The SMILES string of the molecule is Cc1ccc([C@H](CCO)c2ccc[nH]2)cc1. The van der Waals surface area contributed by atoms with Crippen LogP contribution in [0.2, 0.25) is 0 Å². The first-order valence-corrected chi connectivity index (χ1v) is 5.62. The number of nitrogens with one attached hydrogen (secondary N) is 1. The van der Waals surface area contributed by atoms with Gasteiger partial charge in [-0.1, -0.05) is 29.8 Å². The molecule has 1 aromatic carbocycles. The summed E-state index contributed by atoms with van der Waals surface area (Å²) in [6, 6.07) is 12.6. The lowest BCUT2D eigenvalue weighted by Crippen LogP contribution is -2.04. The molecule has 0 aliphatic heterocycles. The summed E-state index contributed by atoms with van der Waals surface area (Å²) >= 11 is 0. The lowest BCUT2D eigenvalue weighted by Gasteiger charge is -2.15. The van der Waals surface area contributed by atoms with E-state index in [4.69, 9.17) is 5.11 Å². The van der Waals surface area contributed by atoms with Gasteiger partial charge in [0.2, 0.25) is 0 Å². The number of aromatic nitrogens is 1. The van der Waals surface area contributed by atoms with Crippen molar-refractivity contribution in [3.8, 4) is 0 Å². The number of aromatic amines is 1. The third kappa shape index (κ3) is 2.34. The summed E-state index contributed by atoms with van der Waals surface area (Å²) in [6.45, 7) is 2.29. The third-order valence-corrected chi connectivity index (χ3v) is 2.89. The van der Waals surface area contributed by atoms with Crippen LogP contribution in [0.15, 0.2) is 42.6 Å². The predicted octanol–water partition coefficient (Wildman–Crippen LogP) is 2.84. The first kappa shape index (κ1) is 11.0. The van der Waals surface area contributed by atoms with Crippen LogP contribution in [0.25, 0.3) is 0 Å². The number of H-pyrrole nitrogens is 1. The molecule has 1 aromatic heterocycles. The van der Waals surface area contributed by atoms with Crippen molar-refractivity contribution in [3.05, 3.63) is 59.4 Å². The van der Waals surface area contributed by atoms with Crippen molar-refractivity contribution in [3.63, 3.8) is 0 Å². The Balaban J connectivity index is 2.29. The van der Waals surface area contributed by atoms with Crippen LogP contribution in [-0.4, -0.2) is 16.7 Å². The van der Waals surface area contributed by atoms with Gasteiger partial charge in [0.15, 0.2) is 0 Å². The summed E-state index contributed by atoms with van der Waals surface area (Å²) < 4.78 is 0.